The Morgan fingerprint density at radius 1 is 0.545 bits per heavy atom. The van der Waals surface area contributed by atoms with E-state index in [9.17, 15) is 0 Å². The molecule has 0 bridgehead atoms. The fourth-order valence-electron chi connectivity index (χ4n) is 6.01. The molecule has 194 valence electrons. The first kappa shape index (κ1) is 31.4. The van der Waals surface area contributed by atoms with Crippen LogP contribution in [0.3, 0.4) is 0 Å². The monoisotopic (exact) mass is 494 g/mol. The zero-order valence-corrected chi connectivity index (χ0v) is 27.8. The molecule has 1 aliphatic carbocycles. The lowest BCUT2D eigenvalue weighted by Crippen LogP contribution is -2.31. The summed E-state index contributed by atoms with van der Waals surface area (Å²) in [5.74, 6) is 0.590. The summed E-state index contributed by atoms with van der Waals surface area (Å²) in [4.78, 5) is 0. The quantitative estimate of drug-likeness (QED) is 0.341. The van der Waals surface area contributed by atoms with Gasteiger partial charge in [-0.1, -0.05) is 152 Å². The summed E-state index contributed by atoms with van der Waals surface area (Å²) in [5, 5.41) is 1.41. The van der Waals surface area contributed by atoms with Gasteiger partial charge in [0, 0.05) is 5.92 Å². The first-order valence-electron chi connectivity index (χ1n) is 13.2. The lowest BCUT2D eigenvalue weighted by molar-refractivity contribution is 0.447. The van der Waals surface area contributed by atoms with E-state index < -0.39 is 0 Å². The molecular weight excluding hydrogens is 434 g/mol. The molecule has 0 fully saturated rings. The number of rotatable bonds is 4. The molecule has 1 rings (SSSR count). The summed E-state index contributed by atoms with van der Waals surface area (Å²) < 4.78 is 0. The Kier molecular flexibility index (Phi) is 9.18. The molecule has 2 heteroatoms. The molecule has 0 nitrogen and oxygen atoms in total. The number of hydrogen-bond donors (Lipinski definition) is 0. The van der Waals surface area contributed by atoms with Crippen molar-refractivity contribution in [2.75, 3.05) is 12.3 Å². The van der Waals surface area contributed by atoms with E-state index >= 15 is 0 Å². The van der Waals surface area contributed by atoms with Crippen molar-refractivity contribution in [3.05, 3.63) is 22.8 Å². The van der Waals surface area contributed by atoms with Crippen LogP contribution in [0.1, 0.15) is 125 Å². The predicted octanol–water partition coefficient (Wildman–Crippen LogP) is 11.1. The number of hydrogen-bond acceptors (Lipinski definition) is 0. The first-order chi connectivity index (χ1) is 14.2. The molecule has 1 unspecified atom stereocenters. The van der Waals surface area contributed by atoms with Gasteiger partial charge in [0.15, 0.2) is 0 Å². The molecular formula is C31H60P2. The van der Waals surface area contributed by atoms with Gasteiger partial charge < -0.3 is 0 Å². The molecule has 0 spiro atoms. The maximum absolute atomic E-state index is 2.74. The van der Waals surface area contributed by atoms with E-state index in [2.05, 4.69) is 131 Å². The minimum absolute atomic E-state index is 0.143. The molecule has 0 N–H and O–H groups in total. The first-order valence-corrected chi connectivity index (χ1v) is 16.3. The van der Waals surface area contributed by atoms with Gasteiger partial charge in [-0.2, -0.15) is 0 Å². The van der Waals surface area contributed by atoms with Gasteiger partial charge in [-0.15, -0.1) is 0 Å². The molecule has 0 aromatic heterocycles. The Hall–Kier alpha value is 0.340. The van der Waals surface area contributed by atoms with Crippen LogP contribution in [0.2, 0.25) is 0 Å². The van der Waals surface area contributed by atoms with Gasteiger partial charge in [0.25, 0.3) is 0 Å². The van der Waals surface area contributed by atoms with Gasteiger partial charge >= 0.3 is 0 Å². The van der Waals surface area contributed by atoms with Crippen molar-refractivity contribution in [1.82, 2.24) is 0 Å². The van der Waals surface area contributed by atoms with E-state index in [4.69, 9.17) is 0 Å². The molecule has 1 aliphatic rings. The Morgan fingerprint density at radius 3 is 1.18 bits per heavy atom. The summed E-state index contributed by atoms with van der Waals surface area (Å²) in [6.07, 6.45) is 5.35. The van der Waals surface area contributed by atoms with Crippen molar-refractivity contribution in [3.8, 4) is 0 Å². The molecule has 0 aliphatic heterocycles. The van der Waals surface area contributed by atoms with E-state index in [1.807, 2.05) is 0 Å². The van der Waals surface area contributed by atoms with E-state index in [1.165, 1.54) is 12.3 Å². The summed E-state index contributed by atoms with van der Waals surface area (Å²) in [6, 6.07) is 0. The van der Waals surface area contributed by atoms with Crippen molar-refractivity contribution in [3.63, 3.8) is 0 Å². The van der Waals surface area contributed by atoms with Crippen molar-refractivity contribution in [2.45, 2.75) is 145 Å². The minimum atomic E-state index is -0.174. The van der Waals surface area contributed by atoms with Crippen LogP contribution in [0.4, 0.5) is 0 Å². The standard InChI is InChI=1S/C31H60P2/c1-26(2,3)24-19-22(20-32(28(7,8)9)29(10,11)12)23(25(24)27(4,5)6)21-33(30(13,14)15)31(16,17)18/h19,22H,20-21H2,1-18H3. The molecule has 0 radical (unpaired) electrons. The second-order valence-corrected chi connectivity index (χ2v) is 24.2. The topological polar surface area (TPSA) is 0 Å². The van der Waals surface area contributed by atoms with Crippen LogP contribution in [-0.4, -0.2) is 32.9 Å². The Bertz CT molecular complexity index is 710. The number of allylic oxidation sites excluding steroid dienone is 4. The average molecular weight is 495 g/mol. The third-order valence-electron chi connectivity index (χ3n) is 6.91. The van der Waals surface area contributed by atoms with Crippen LogP contribution in [0.5, 0.6) is 0 Å². The maximum Gasteiger partial charge on any atom is 0.00322 e. The molecule has 0 saturated heterocycles. The average Bonchev–Trinajstić information content (AvgIpc) is 2.84. The third-order valence-corrected chi connectivity index (χ3v) is 14.8. The normalized spacial score (nSPS) is 19.8. The second-order valence-electron chi connectivity index (χ2n) is 16.5. The van der Waals surface area contributed by atoms with E-state index in [0.29, 0.717) is 26.5 Å². The minimum Gasteiger partial charge on any atom is -0.0947 e. The largest absolute Gasteiger partial charge is 0.0947 e. The molecule has 0 saturated carbocycles. The van der Waals surface area contributed by atoms with Crippen LogP contribution in [0, 0.1) is 16.7 Å². The van der Waals surface area contributed by atoms with Gasteiger partial charge in [0.05, 0.1) is 0 Å². The smallest absolute Gasteiger partial charge is 0.00322 e. The molecule has 1 atom stereocenters. The van der Waals surface area contributed by atoms with Crippen molar-refractivity contribution in [1.29, 1.82) is 0 Å². The van der Waals surface area contributed by atoms with Crippen LogP contribution in [-0.2, 0) is 0 Å². The van der Waals surface area contributed by atoms with Crippen LogP contribution >= 0.6 is 15.8 Å². The lowest BCUT2D eigenvalue weighted by atomic mass is 9.73. The molecule has 33 heavy (non-hydrogen) atoms. The highest BCUT2D eigenvalue weighted by Gasteiger charge is 2.44. The van der Waals surface area contributed by atoms with Crippen molar-refractivity contribution >= 4 is 15.8 Å². The lowest BCUT2D eigenvalue weighted by Gasteiger charge is -2.45. The highest BCUT2D eigenvalue weighted by molar-refractivity contribution is 7.61. The SMILES string of the molecule is CC(C)(C)C1=CC(CP(C(C)(C)C)C(C)(C)C)C(CP(C(C)(C)C)C(C)(C)C)=C1C(C)(C)C. The van der Waals surface area contributed by atoms with E-state index in [1.54, 1.807) is 16.7 Å². The van der Waals surface area contributed by atoms with Crippen LogP contribution in [0.25, 0.3) is 0 Å². The Labute approximate surface area is 212 Å². The second kappa shape index (κ2) is 9.66. The fourth-order valence-corrected chi connectivity index (χ4v) is 13.5. The summed E-state index contributed by atoms with van der Waals surface area (Å²) in [6.45, 7) is 44.5. The Morgan fingerprint density at radius 2 is 0.909 bits per heavy atom. The fraction of sp³-hybridized carbons (Fsp3) is 0.871. The zero-order valence-electron chi connectivity index (χ0n) is 26.0. The summed E-state index contributed by atoms with van der Waals surface area (Å²) in [5.41, 5.74) is 5.47. The third kappa shape index (κ3) is 8.18. The molecule has 0 amide bonds. The predicted molar refractivity (Wildman–Crippen MR) is 160 cm³/mol. The zero-order chi connectivity index (χ0) is 26.6. The summed E-state index contributed by atoms with van der Waals surface area (Å²) >= 11 is 0. The van der Waals surface area contributed by atoms with E-state index in [-0.39, 0.29) is 26.7 Å². The Balaban J connectivity index is 3.81. The van der Waals surface area contributed by atoms with Gasteiger partial charge in [-0.25, -0.2) is 0 Å². The van der Waals surface area contributed by atoms with Crippen molar-refractivity contribution in [2.24, 2.45) is 16.7 Å². The van der Waals surface area contributed by atoms with Crippen LogP contribution in [0.15, 0.2) is 22.8 Å². The maximum atomic E-state index is 2.74. The van der Waals surface area contributed by atoms with Gasteiger partial charge in [-0.3, -0.25) is 0 Å². The molecule has 0 aromatic carbocycles. The van der Waals surface area contributed by atoms with Crippen LogP contribution < -0.4 is 0 Å². The van der Waals surface area contributed by atoms with Gasteiger partial charge in [0.1, 0.15) is 0 Å². The van der Waals surface area contributed by atoms with Gasteiger partial charge in [-0.05, 0) is 54.9 Å². The highest BCUT2D eigenvalue weighted by atomic mass is 31.1. The van der Waals surface area contributed by atoms with Crippen molar-refractivity contribution < 1.29 is 0 Å². The molecule has 0 heterocycles. The highest BCUT2D eigenvalue weighted by Crippen LogP contribution is 2.65. The van der Waals surface area contributed by atoms with E-state index in [0.717, 1.165) is 0 Å². The van der Waals surface area contributed by atoms with Gasteiger partial charge in [0.2, 0.25) is 0 Å². The molecule has 0 aromatic rings. The summed E-state index contributed by atoms with van der Waals surface area (Å²) in [7, 11) is -0.317.